The highest BCUT2D eigenvalue weighted by atomic mass is 31.2. The van der Waals surface area contributed by atoms with Crippen LogP contribution in [0.25, 0.3) is 0 Å². The number of allylic oxidation sites excluding steroid dienone is 9. The molecule has 1 N–H and O–H groups in total. The molecule has 3 atom stereocenters. The zero-order valence-electron chi connectivity index (χ0n) is 58.5. The van der Waals surface area contributed by atoms with Crippen LogP contribution in [0.2, 0.25) is 0 Å². The molecule has 0 aromatic heterocycles. The number of nitrogens with zero attached hydrogens (tertiary/aromatic N) is 1. The number of rotatable bonds is 69. The normalized spacial score (nSPS) is 13.8. The van der Waals surface area contributed by atoms with Gasteiger partial charge in [0.05, 0.1) is 33.8 Å². The molecule has 0 bridgehead atoms. The van der Waals surface area contributed by atoms with Crippen molar-refractivity contribution in [2.75, 3.05) is 40.9 Å². The second-order valence-corrected chi connectivity index (χ2v) is 28.2. The maximum atomic E-state index is 13.6. The van der Waals surface area contributed by atoms with E-state index in [2.05, 4.69) is 74.7 Å². The number of esters is 1. The molecule has 0 heterocycles. The van der Waals surface area contributed by atoms with E-state index in [0.717, 1.165) is 70.6 Å². The van der Waals surface area contributed by atoms with Crippen LogP contribution < -0.4 is 10.2 Å². The highest BCUT2D eigenvalue weighted by molar-refractivity contribution is 7.45. The molecule has 0 aromatic carbocycles. The first-order chi connectivity index (χ1) is 42.4. The summed E-state index contributed by atoms with van der Waals surface area (Å²) in [6.45, 7) is 6.84. The van der Waals surface area contributed by atoms with E-state index in [4.69, 9.17) is 13.8 Å². The Hall–Kier alpha value is -2.29. The van der Waals surface area contributed by atoms with Crippen LogP contribution in [0.5, 0.6) is 0 Å². The first-order valence-corrected chi connectivity index (χ1v) is 39.1. The Balaban J connectivity index is 4.92. The third-order valence-electron chi connectivity index (χ3n) is 16.9. The quantitative estimate of drug-likeness (QED) is 0.0212. The van der Waals surface area contributed by atoms with Gasteiger partial charge in [0.15, 0.2) is 0 Å². The summed E-state index contributed by atoms with van der Waals surface area (Å²) in [5, 5.41) is 3.05. The van der Waals surface area contributed by atoms with E-state index >= 15 is 0 Å². The van der Waals surface area contributed by atoms with Gasteiger partial charge in [-0.15, -0.1) is 0 Å². The van der Waals surface area contributed by atoms with Gasteiger partial charge in [-0.2, -0.15) is 0 Å². The first kappa shape index (κ1) is 84.7. The molecule has 3 unspecified atom stereocenters. The van der Waals surface area contributed by atoms with Crippen LogP contribution in [0.4, 0.5) is 0 Å². The van der Waals surface area contributed by atoms with Gasteiger partial charge in [0, 0.05) is 12.8 Å². The van der Waals surface area contributed by atoms with Crippen molar-refractivity contribution in [2.45, 2.75) is 380 Å². The van der Waals surface area contributed by atoms with Gasteiger partial charge in [-0.3, -0.25) is 14.2 Å². The lowest BCUT2D eigenvalue weighted by Gasteiger charge is -2.30. The van der Waals surface area contributed by atoms with Crippen LogP contribution in [0.1, 0.15) is 367 Å². The number of hydrogen-bond acceptors (Lipinski definition) is 7. The van der Waals surface area contributed by atoms with Gasteiger partial charge in [-0.25, -0.2) is 0 Å². The molecule has 0 saturated heterocycles. The standard InChI is InChI=1S/C77H145N2O7P/c1-7-10-13-16-19-22-25-27-29-31-33-35-37-38-39-40-42-44-46-48-50-52-55-58-61-64-67-70-77(81)86-75(68-65-62-59-56-53-24-21-18-15-12-9-3)74(73-85-87(82,83)84-72-71-79(4,5)6)78-76(80)69-66-63-60-57-54-51-49-47-45-43-41-36-34-32-30-28-26-23-20-17-14-11-8-2/h19-20,22-23,27-30,65,68,74-75H,7-18,21,24-26,31-64,66-67,69-73H2,1-6H3,(H-,78,80,82,83)/b22-19-,23-20-,29-27-,30-28-,68-65+. The maximum absolute atomic E-state index is 13.6. The Morgan fingerprint density at radius 1 is 0.402 bits per heavy atom. The molecule has 10 heteroatoms. The van der Waals surface area contributed by atoms with Gasteiger partial charge in [-0.1, -0.05) is 319 Å². The third-order valence-corrected chi connectivity index (χ3v) is 17.9. The number of quaternary nitrogens is 1. The van der Waals surface area contributed by atoms with E-state index in [1.54, 1.807) is 0 Å². The van der Waals surface area contributed by atoms with Crippen molar-refractivity contribution in [3.8, 4) is 0 Å². The van der Waals surface area contributed by atoms with Crippen molar-refractivity contribution in [1.82, 2.24) is 5.32 Å². The van der Waals surface area contributed by atoms with E-state index in [0.29, 0.717) is 17.4 Å². The largest absolute Gasteiger partial charge is 0.756 e. The van der Waals surface area contributed by atoms with Crippen LogP contribution in [0.15, 0.2) is 60.8 Å². The lowest BCUT2D eigenvalue weighted by molar-refractivity contribution is -0.870. The molecule has 0 saturated carbocycles. The summed E-state index contributed by atoms with van der Waals surface area (Å²) in [7, 11) is 1.20. The molecule has 1 amide bonds. The third kappa shape index (κ3) is 67.9. The average Bonchev–Trinajstić information content (AvgIpc) is 3.70. The van der Waals surface area contributed by atoms with Gasteiger partial charge in [0.2, 0.25) is 5.91 Å². The fraction of sp³-hybridized carbons (Fsp3) is 0.844. The highest BCUT2D eigenvalue weighted by Crippen LogP contribution is 2.38. The summed E-state index contributed by atoms with van der Waals surface area (Å²) in [6.07, 6.45) is 86.4. The molecular weight excluding hydrogens is 1100 g/mol. The number of carbonyl (C=O) groups is 2. The van der Waals surface area contributed by atoms with Crippen molar-refractivity contribution in [1.29, 1.82) is 0 Å². The molecule has 510 valence electrons. The van der Waals surface area contributed by atoms with Crippen molar-refractivity contribution < 1.29 is 37.3 Å². The second kappa shape index (κ2) is 66.6. The number of phosphoric ester groups is 1. The predicted molar refractivity (Wildman–Crippen MR) is 376 cm³/mol. The molecule has 87 heavy (non-hydrogen) atoms. The number of phosphoric acid groups is 1. The molecule has 0 aliphatic carbocycles. The fourth-order valence-electron chi connectivity index (χ4n) is 11.1. The monoisotopic (exact) mass is 1240 g/mol. The van der Waals surface area contributed by atoms with Crippen LogP contribution >= 0.6 is 7.82 Å². The van der Waals surface area contributed by atoms with Gasteiger partial charge in [0.1, 0.15) is 19.3 Å². The SMILES string of the molecule is CCCCC/C=C\C/C=C\CCCCCCCCCCCCCCCCCCCC(=O)OC(/C=C/CCCCCCCCCCC)C(COP(=O)([O-])OCC[N+](C)(C)C)NC(=O)CCCCCCCCCCCCCCC/C=C\C/C=C\CCCCC. The molecule has 0 rings (SSSR count). The summed E-state index contributed by atoms with van der Waals surface area (Å²) in [5.74, 6) is -0.526. The highest BCUT2D eigenvalue weighted by Gasteiger charge is 2.27. The summed E-state index contributed by atoms with van der Waals surface area (Å²) in [6, 6.07) is -0.889. The van der Waals surface area contributed by atoms with Crippen molar-refractivity contribution in [3.05, 3.63) is 60.8 Å². The number of likely N-dealkylation sites (N-methyl/N-ethyl adjacent to an activating group) is 1. The molecule has 0 spiro atoms. The second-order valence-electron chi connectivity index (χ2n) is 26.8. The Bertz CT molecular complexity index is 1670. The number of ether oxygens (including phenoxy) is 1. The topological polar surface area (TPSA) is 114 Å². The average molecular weight is 1240 g/mol. The number of amides is 1. The molecular formula is C77H145N2O7P. The van der Waals surface area contributed by atoms with Crippen molar-refractivity contribution in [3.63, 3.8) is 0 Å². The zero-order chi connectivity index (χ0) is 63.5. The van der Waals surface area contributed by atoms with Crippen LogP contribution in [0, 0.1) is 0 Å². The lowest BCUT2D eigenvalue weighted by Crippen LogP contribution is -2.47. The zero-order valence-corrected chi connectivity index (χ0v) is 59.4. The van der Waals surface area contributed by atoms with E-state index in [9.17, 15) is 19.0 Å². The van der Waals surface area contributed by atoms with E-state index in [1.807, 2.05) is 33.3 Å². The van der Waals surface area contributed by atoms with Crippen molar-refractivity contribution >= 4 is 19.7 Å². The minimum Gasteiger partial charge on any atom is -0.756 e. The van der Waals surface area contributed by atoms with E-state index < -0.39 is 20.0 Å². The number of nitrogens with one attached hydrogen (secondary N) is 1. The number of unbranched alkanes of at least 4 members (excludes halogenated alkanes) is 45. The molecule has 0 fully saturated rings. The number of carbonyl (C=O) groups excluding carboxylic acids is 2. The maximum Gasteiger partial charge on any atom is 0.306 e. The molecule has 0 aliphatic heterocycles. The summed E-state index contributed by atoms with van der Waals surface area (Å²) < 4.78 is 30.5. The van der Waals surface area contributed by atoms with Gasteiger partial charge >= 0.3 is 5.97 Å². The molecule has 0 aromatic rings. The minimum absolute atomic E-state index is 0.0214. The summed E-state index contributed by atoms with van der Waals surface area (Å²) in [4.78, 5) is 40.2. The molecule has 9 nitrogen and oxygen atoms in total. The Morgan fingerprint density at radius 2 is 0.701 bits per heavy atom. The van der Waals surface area contributed by atoms with Gasteiger partial charge in [0.25, 0.3) is 7.82 Å². The van der Waals surface area contributed by atoms with E-state index in [1.165, 1.54) is 263 Å². The van der Waals surface area contributed by atoms with E-state index in [-0.39, 0.29) is 31.5 Å². The Kier molecular flexibility index (Phi) is 64.9. The molecule has 0 aliphatic rings. The first-order valence-electron chi connectivity index (χ1n) is 37.6. The lowest BCUT2D eigenvalue weighted by atomic mass is 10.0. The fourth-order valence-corrected chi connectivity index (χ4v) is 11.8. The summed E-state index contributed by atoms with van der Waals surface area (Å²) in [5.41, 5.74) is 0. The Labute approximate surface area is 541 Å². The smallest absolute Gasteiger partial charge is 0.306 e. The van der Waals surface area contributed by atoms with Gasteiger partial charge in [-0.05, 0) is 96.0 Å². The molecule has 0 radical (unpaired) electrons. The summed E-state index contributed by atoms with van der Waals surface area (Å²) >= 11 is 0. The van der Waals surface area contributed by atoms with Crippen LogP contribution in [-0.2, 0) is 27.9 Å². The van der Waals surface area contributed by atoms with Crippen LogP contribution in [0.3, 0.4) is 0 Å². The number of hydrogen-bond donors (Lipinski definition) is 1. The Morgan fingerprint density at radius 3 is 1.06 bits per heavy atom. The van der Waals surface area contributed by atoms with Crippen LogP contribution in [-0.4, -0.2) is 69.4 Å². The minimum atomic E-state index is -4.70. The predicted octanol–water partition coefficient (Wildman–Crippen LogP) is 23.5. The van der Waals surface area contributed by atoms with Crippen molar-refractivity contribution in [2.24, 2.45) is 0 Å². The van der Waals surface area contributed by atoms with Gasteiger partial charge < -0.3 is 28.5 Å².